The Balaban J connectivity index is 2.22. The minimum atomic E-state index is 0.750. The van der Waals surface area contributed by atoms with Crippen molar-refractivity contribution in [3.63, 3.8) is 0 Å². The third kappa shape index (κ3) is 3.19. The molecule has 0 amide bonds. The molecule has 88 valence electrons. The Morgan fingerprint density at radius 2 is 2.00 bits per heavy atom. The summed E-state index contributed by atoms with van der Waals surface area (Å²) < 4.78 is 7.28. The van der Waals surface area contributed by atoms with Crippen LogP contribution in [0.5, 0.6) is 0 Å². The third-order valence-corrected chi connectivity index (χ3v) is 4.63. The van der Waals surface area contributed by atoms with E-state index in [4.69, 9.17) is 4.42 Å². The van der Waals surface area contributed by atoms with Crippen molar-refractivity contribution in [3.05, 3.63) is 49.4 Å². The summed E-state index contributed by atoms with van der Waals surface area (Å²) in [6, 6.07) is 8.05. The minimum absolute atomic E-state index is 0.750. The van der Waals surface area contributed by atoms with Crippen LogP contribution < -0.4 is 0 Å². The summed E-state index contributed by atoms with van der Waals surface area (Å²) in [5.74, 6) is 0.750. The van der Waals surface area contributed by atoms with Crippen LogP contribution in [0.25, 0.3) is 0 Å². The first kappa shape index (κ1) is 12.8. The second-order valence-corrected chi connectivity index (χ2v) is 5.63. The third-order valence-electron chi connectivity index (χ3n) is 2.50. The highest BCUT2D eigenvalue weighted by atomic mass is 127. The van der Waals surface area contributed by atoms with Crippen LogP contribution in [0.1, 0.15) is 16.9 Å². The van der Waals surface area contributed by atoms with Gasteiger partial charge in [-0.3, -0.25) is 4.99 Å². The SMILES string of the molecule is Cc1ccc(N=Cc2cc(Br)c(I)o2)cc1C. The second kappa shape index (κ2) is 5.35. The molecule has 0 saturated carbocycles. The van der Waals surface area contributed by atoms with Crippen molar-refractivity contribution in [2.24, 2.45) is 4.99 Å². The summed E-state index contributed by atoms with van der Waals surface area (Å²) in [6.07, 6.45) is 1.73. The Morgan fingerprint density at radius 3 is 2.59 bits per heavy atom. The van der Waals surface area contributed by atoms with Crippen molar-refractivity contribution in [2.75, 3.05) is 0 Å². The molecule has 1 aromatic carbocycles. The van der Waals surface area contributed by atoms with E-state index in [2.05, 4.69) is 69.5 Å². The first-order valence-electron chi connectivity index (χ1n) is 5.12. The van der Waals surface area contributed by atoms with Gasteiger partial charge in [0.2, 0.25) is 0 Å². The van der Waals surface area contributed by atoms with E-state index in [1.165, 1.54) is 11.1 Å². The fourth-order valence-corrected chi connectivity index (χ4v) is 2.09. The average molecular weight is 404 g/mol. The predicted octanol–water partition coefficient (Wildman–Crippen LogP) is 5.01. The van der Waals surface area contributed by atoms with Gasteiger partial charge in [0.1, 0.15) is 5.76 Å². The van der Waals surface area contributed by atoms with Gasteiger partial charge >= 0.3 is 0 Å². The monoisotopic (exact) mass is 403 g/mol. The van der Waals surface area contributed by atoms with Crippen molar-refractivity contribution >= 4 is 50.4 Å². The summed E-state index contributed by atoms with van der Waals surface area (Å²) in [7, 11) is 0. The Bertz CT molecular complexity index is 555. The van der Waals surface area contributed by atoms with Crippen LogP contribution >= 0.6 is 38.5 Å². The van der Waals surface area contributed by atoms with Crippen LogP contribution in [-0.4, -0.2) is 6.21 Å². The molecule has 0 saturated heterocycles. The lowest BCUT2D eigenvalue weighted by molar-refractivity contribution is 0.530. The maximum absolute atomic E-state index is 5.48. The molecule has 17 heavy (non-hydrogen) atoms. The summed E-state index contributed by atoms with van der Waals surface area (Å²) >= 11 is 5.53. The molecule has 0 N–H and O–H groups in total. The van der Waals surface area contributed by atoms with Crippen molar-refractivity contribution in [3.8, 4) is 0 Å². The highest BCUT2D eigenvalue weighted by Gasteiger charge is 2.03. The lowest BCUT2D eigenvalue weighted by atomic mass is 10.1. The molecule has 2 aromatic rings. The van der Waals surface area contributed by atoms with Gasteiger partial charge in [0.25, 0.3) is 0 Å². The summed E-state index contributed by atoms with van der Waals surface area (Å²) in [5.41, 5.74) is 3.46. The van der Waals surface area contributed by atoms with E-state index < -0.39 is 0 Å². The maximum atomic E-state index is 5.48. The van der Waals surface area contributed by atoms with Gasteiger partial charge in [-0.15, -0.1) is 0 Å². The first-order chi connectivity index (χ1) is 8.06. The highest BCUT2D eigenvalue weighted by molar-refractivity contribution is 14.1. The fourth-order valence-electron chi connectivity index (χ4n) is 1.37. The molecule has 0 bridgehead atoms. The molecule has 0 unspecified atom stereocenters. The molecule has 0 atom stereocenters. The number of benzene rings is 1. The van der Waals surface area contributed by atoms with Crippen LogP contribution in [0.4, 0.5) is 5.69 Å². The summed E-state index contributed by atoms with van der Waals surface area (Å²) in [5, 5.41) is 0. The number of aryl methyl sites for hydroxylation is 2. The van der Waals surface area contributed by atoms with Crippen LogP contribution in [-0.2, 0) is 0 Å². The van der Waals surface area contributed by atoms with Crippen LogP contribution in [0.2, 0.25) is 0 Å². The lowest BCUT2D eigenvalue weighted by Gasteiger charge is -1.99. The van der Waals surface area contributed by atoms with Gasteiger partial charge in [0.05, 0.1) is 16.4 Å². The molecule has 0 spiro atoms. The van der Waals surface area contributed by atoms with Crippen LogP contribution in [0, 0.1) is 17.6 Å². The average Bonchev–Trinajstić information content (AvgIpc) is 2.60. The molecule has 0 aliphatic carbocycles. The second-order valence-electron chi connectivity index (χ2n) is 3.80. The Morgan fingerprint density at radius 1 is 1.24 bits per heavy atom. The predicted molar refractivity (Wildman–Crippen MR) is 82.3 cm³/mol. The number of hydrogen-bond donors (Lipinski definition) is 0. The summed E-state index contributed by atoms with van der Waals surface area (Å²) in [6.45, 7) is 4.18. The molecule has 0 aliphatic rings. The van der Waals surface area contributed by atoms with Crippen molar-refractivity contribution in [2.45, 2.75) is 13.8 Å². The van der Waals surface area contributed by atoms with E-state index in [0.29, 0.717) is 0 Å². The van der Waals surface area contributed by atoms with E-state index in [-0.39, 0.29) is 0 Å². The quantitative estimate of drug-likeness (QED) is 0.510. The number of aliphatic imine (C=N–C) groups is 1. The number of furan rings is 1. The maximum Gasteiger partial charge on any atom is 0.178 e. The first-order valence-corrected chi connectivity index (χ1v) is 6.99. The van der Waals surface area contributed by atoms with Gasteiger partial charge in [0.15, 0.2) is 3.77 Å². The molecule has 1 aromatic heterocycles. The van der Waals surface area contributed by atoms with E-state index in [1.807, 2.05) is 12.1 Å². The van der Waals surface area contributed by atoms with Crippen molar-refractivity contribution in [1.29, 1.82) is 0 Å². The standard InChI is InChI=1S/C13H11BrINO/c1-8-3-4-10(5-9(8)2)16-7-11-6-12(14)13(15)17-11/h3-7H,1-2H3. The van der Waals surface area contributed by atoms with E-state index in [1.54, 1.807) is 6.21 Å². The van der Waals surface area contributed by atoms with Crippen LogP contribution in [0.15, 0.2) is 38.1 Å². The normalized spacial score (nSPS) is 11.3. The molecule has 2 rings (SSSR count). The number of nitrogens with zero attached hydrogens (tertiary/aromatic N) is 1. The Kier molecular flexibility index (Phi) is 4.04. The molecule has 2 nitrogen and oxygen atoms in total. The van der Waals surface area contributed by atoms with Crippen LogP contribution in [0.3, 0.4) is 0 Å². The molecule has 1 heterocycles. The smallest absolute Gasteiger partial charge is 0.178 e. The van der Waals surface area contributed by atoms with Crippen molar-refractivity contribution < 1.29 is 4.42 Å². The molecule has 0 aliphatic heterocycles. The number of rotatable bonds is 2. The topological polar surface area (TPSA) is 25.5 Å². The summed E-state index contributed by atoms with van der Waals surface area (Å²) in [4.78, 5) is 4.39. The molecule has 4 heteroatoms. The zero-order valence-electron chi connectivity index (χ0n) is 9.50. The van der Waals surface area contributed by atoms with Gasteiger partial charge in [0, 0.05) is 28.7 Å². The van der Waals surface area contributed by atoms with Gasteiger partial charge in [-0.25, -0.2) is 0 Å². The van der Waals surface area contributed by atoms with Crippen molar-refractivity contribution in [1.82, 2.24) is 0 Å². The van der Waals surface area contributed by atoms with E-state index >= 15 is 0 Å². The van der Waals surface area contributed by atoms with Gasteiger partial charge in [-0.1, -0.05) is 6.07 Å². The largest absolute Gasteiger partial charge is 0.448 e. The van der Waals surface area contributed by atoms with Gasteiger partial charge < -0.3 is 4.42 Å². The molecular weight excluding hydrogens is 393 g/mol. The zero-order chi connectivity index (χ0) is 12.4. The molecule has 0 radical (unpaired) electrons. The van der Waals surface area contributed by atoms with Gasteiger partial charge in [-0.2, -0.15) is 0 Å². The Labute approximate surface area is 122 Å². The highest BCUT2D eigenvalue weighted by Crippen LogP contribution is 2.23. The van der Waals surface area contributed by atoms with E-state index in [9.17, 15) is 0 Å². The zero-order valence-corrected chi connectivity index (χ0v) is 13.2. The number of halogens is 2. The lowest BCUT2D eigenvalue weighted by Crippen LogP contribution is -1.79. The Hall–Kier alpha value is -0.620. The molecular formula is C13H11BrINO. The fraction of sp³-hybridized carbons (Fsp3) is 0.154. The van der Waals surface area contributed by atoms with E-state index in [0.717, 1.165) is 19.7 Å². The van der Waals surface area contributed by atoms with Gasteiger partial charge in [-0.05, 0) is 53.0 Å². The number of hydrogen-bond acceptors (Lipinski definition) is 2. The molecule has 0 fully saturated rings. The minimum Gasteiger partial charge on any atom is -0.448 e.